The van der Waals surface area contributed by atoms with E-state index >= 15 is 0 Å². The van der Waals surface area contributed by atoms with Crippen molar-refractivity contribution >= 4 is 40.0 Å². The highest BCUT2D eigenvalue weighted by atomic mass is 35.5. The summed E-state index contributed by atoms with van der Waals surface area (Å²) in [5.74, 6) is -1.07. The van der Waals surface area contributed by atoms with Crippen molar-refractivity contribution < 1.29 is 35.9 Å². The molecule has 0 fully saturated rings. The fourth-order valence-electron chi connectivity index (χ4n) is 3.80. The number of H-pyrrole nitrogens is 1. The SMILES string of the molecule is O=C1N[C@@](c2ccc(OCCCC(F)(F)F)cc2)(C(F)(F)F)CC(c2ccc(Cl)s2)=C1c1nnn[nH]1. The molecule has 0 saturated heterocycles. The Kier molecular flexibility index (Phi) is 7.01. The van der Waals surface area contributed by atoms with Crippen LogP contribution in [0.3, 0.4) is 0 Å². The minimum Gasteiger partial charge on any atom is -0.494 e. The lowest BCUT2D eigenvalue weighted by atomic mass is 9.78. The van der Waals surface area contributed by atoms with E-state index in [0.717, 1.165) is 23.5 Å². The predicted octanol–water partition coefficient (Wildman–Crippen LogP) is 5.52. The van der Waals surface area contributed by atoms with Crippen LogP contribution in [0.1, 0.15) is 35.5 Å². The van der Waals surface area contributed by atoms with Crippen molar-refractivity contribution in [1.82, 2.24) is 25.9 Å². The van der Waals surface area contributed by atoms with E-state index in [1.807, 2.05) is 0 Å². The summed E-state index contributed by atoms with van der Waals surface area (Å²) in [6.07, 6.45) is -11.3. The van der Waals surface area contributed by atoms with E-state index in [1.54, 1.807) is 0 Å². The molecule has 0 unspecified atom stereocenters. The highest BCUT2D eigenvalue weighted by Gasteiger charge is 2.60. The van der Waals surface area contributed by atoms with Gasteiger partial charge in [0.25, 0.3) is 5.91 Å². The van der Waals surface area contributed by atoms with Crippen molar-refractivity contribution in [3.05, 3.63) is 57.0 Å². The van der Waals surface area contributed by atoms with Crippen LogP contribution in [0, 0.1) is 0 Å². The van der Waals surface area contributed by atoms with Gasteiger partial charge in [-0.2, -0.15) is 26.3 Å². The summed E-state index contributed by atoms with van der Waals surface area (Å²) >= 11 is 7.01. The number of aromatic amines is 1. The highest BCUT2D eigenvalue weighted by molar-refractivity contribution is 7.17. The van der Waals surface area contributed by atoms with Gasteiger partial charge in [0.05, 0.1) is 16.5 Å². The molecule has 1 aliphatic rings. The molecular formula is C21H16ClF6N5O2S. The molecule has 36 heavy (non-hydrogen) atoms. The van der Waals surface area contributed by atoms with E-state index in [0.29, 0.717) is 9.21 Å². The van der Waals surface area contributed by atoms with Crippen LogP contribution < -0.4 is 10.1 Å². The van der Waals surface area contributed by atoms with Gasteiger partial charge >= 0.3 is 12.4 Å². The average Bonchev–Trinajstić information content (AvgIpc) is 3.47. The quantitative estimate of drug-likeness (QED) is 0.298. The summed E-state index contributed by atoms with van der Waals surface area (Å²) in [5.41, 5.74) is -3.22. The summed E-state index contributed by atoms with van der Waals surface area (Å²) in [6.45, 7) is -0.263. The molecular weight excluding hydrogens is 536 g/mol. The number of hydrogen-bond acceptors (Lipinski definition) is 6. The number of nitrogens with zero attached hydrogens (tertiary/aromatic N) is 3. The van der Waals surface area contributed by atoms with E-state index in [4.69, 9.17) is 16.3 Å². The molecule has 0 radical (unpaired) electrons. The van der Waals surface area contributed by atoms with Gasteiger partial charge in [-0.25, -0.2) is 5.10 Å². The van der Waals surface area contributed by atoms with E-state index in [9.17, 15) is 31.1 Å². The highest BCUT2D eigenvalue weighted by Crippen LogP contribution is 2.50. The van der Waals surface area contributed by atoms with E-state index < -0.39 is 36.6 Å². The summed E-state index contributed by atoms with van der Waals surface area (Å²) < 4.78 is 86.3. The summed E-state index contributed by atoms with van der Waals surface area (Å²) in [6, 6.07) is 7.66. The third-order valence-corrected chi connectivity index (χ3v) is 6.75. The number of halogens is 7. The predicted molar refractivity (Wildman–Crippen MR) is 118 cm³/mol. The van der Waals surface area contributed by atoms with Crippen molar-refractivity contribution in [1.29, 1.82) is 0 Å². The molecule has 192 valence electrons. The van der Waals surface area contributed by atoms with Gasteiger partial charge in [-0.1, -0.05) is 23.7 Å². The number of aromatic nitrogens is 4. The lowest BCUT2D eigenvalue weighted by Gasteiger charge is -2.41. The van der Waals surface area contributed by atoms with Crippen LogP contribution in [0.5, 0.6) is 5.75 Å². The Hall–Kier alpha value is -3.13. The Morgan fingerprint density at radius 1 is 1.08 bits per heavy atom. The monoisotopic (exact) mass is 551 g/mol. The number of nitrogens with one attached hydrogen (secondary N) is 2. The lowest BCUT2D eigenvalue weighted by molar-refractivity contribution is -0.201. The van der Waals surface area contributed by atoms with Crippen LogP contribution in [0.2, 0.25) is 4.34 Å². The molecule has 1 aliphatic heterocycles. The second-order valence-corrected chi connectivity index (χ2v) is 9.55. The number of benzene rings is 1. The smallest absolute Gasteiger partial charge is 0.416 e. The van der Waals surface area contributed by atoms with Crippen LogP contribution >= 0.6 is 22.9 Å². The van der Waals surface area contributed by atoms with Crippen LogP contribution in [-0.2, 0) is 10.3 Å². The standard InChI is InChI=1S/C21H16ClF6N5O2S/c22-15-7-6-14(36-15)13-10-19(21(26,27)28,29-18(34)16(13)17-30-32-33-31-17)11-2-4-12(5-3-11)35-9-1-8-20(23,24)25/h2-7H,1,8-10H2,(H,29,34)(H,30,31,32,33)/t19-/m0/s1. The maximum Gasteiger partial charge on any atom is 0.416 e. The Morgan fingerprint density at radius 3 is 2.36 bits per heavy atom. The third kappa shape index (κ3) is 5.33. The molecule has 3 aromatic rings. The number of carbonyl (C=O) groups is 1. The van der Waals surface area contributed by atoms with Gasteiger partial charge < -0.3 is 10.1 Å². The number of thiophene rings is 1. The second-order valence-electron chi connectivity index (χ2n) is 7.83. The normalized spacial score (nSPS) is 18.9. The molecule has 0 bridgehead atoms. The van der Waals surface area contributed by atoms with Gasteiger partial charge in [0.15, 0.2) is 11.4 Å². The van der Waals surface area contributed by atoms with Crippen molar-refractivity contribution in [2.24, 2.45) is 0 Å². The Labute approximate surface area is 208 Å². The zero-order valence-electron chi connectivity index (χ0n) is 18.0. The molecule has 2 N–H and O–H groups in total. The van der Waals surface area contributed by atoms with Crippen molar-refractivity contribution in [2.75, 3.05) is 6.61 Å². The number of rotatable bonds is 7. The second kappa shape index (κ2) is 9.73. The maximum absolute atomic E-state index is 14.6. The molecule has 3 heterocycles. The number of alkyl halides is 6. The summed E-state index contributed by atoms with van der Waals surface area (Å²) in [5, 5.41) is 15.0. The van der Waals surface area contributed by atoms with Gasteiger partial charge in [-0.15, -0.1) is 16.4 Å². The molecule has 0 spiro atoms. The first-order valence-corrected chi connectivity index (χ1v) is 11.5. The van der Waals surface area contributed by atoms with Crippen LogP contribution in [0.15, 0.2) is 36.4 Å². The van der Waals surface area contributed by atoms with E-state index in [-0.39, 0.29) is 41.3 Å². The zero-order chi connectivity index (χ0) is 26.1. The van der Waals surface area contributed by atoms with Crippen molar-refractivity contribution in [2.45, 2.75) is 37.2 Å². The maximum atomic E-state index is 14.6. The summed E-state index contributed by atoms with van der Waals surface area (Å²) in [4.78, 5) is 13.4. The number of tetrazole rings is 1. The fourth-order valence-corrected chi connectivity index (χ4v) is 4.89. The zero-order valence-corrected chi connectivity index (χ0v) is 19.6. The minimum atomic E-state index is -4.94. The fraction of sp³-hybridized carbons (Fsp3) is 0.333. The molecule has 7 nitrogen and oxygen atoms in total. The van der Waals surface area contributed by atoms with Gasteiger partial charge in [0.1, 0.15) is 5.75 Å². The van der Waals surface area contributed by atoms with Crippen LogP contribution in [0.25, 0.3) is 11.1 Å². The largest absolute Gasteiger partial charge is 0.494 e. The molecule has 4 rings (SSSR count). The average molecular weight is 552 g/mol. The minimum absolute atomic E-state index is 0.0407. The van der Waals surface area contributed by atoms with Gasteiger partial charge in [-0.3, -0.25) is 4.79 Å². The Balaban J connectivity index is 1.69. The van der Waals surface area contributed by atoms with E-state index in [2.05, 4.69) is 25.9 Å². The van der Waals surface area contributed by atoms with Crippen LogP contribution in [-0.4, -0.2) is 45.5 Å². The van der Waals surface area contributed by atoms with E-state index in [1.165, 1.54) is 24.3 Å². The molecule has 1 amide bonds. The first kappa shape index (κ1) is 25.9. The Bertz CT molecular complexity index is 1260. The first-order chi connectivity index (χ1) is 16.9. The topological polar surface area (TPSA) is 92.8 Å². The van der Waals surface area contributed by atoms with Gasteiger partial charge in [0.2, 0.25) is 0 Å². The third-order valence-electron chi connectivity index (χ3n) is 5.45. The molecule has 2 aromatic heterocycles. The first-order valence-electron chi connectivity index (χ1n) is 10.3. The number of carbonyl (C=O) groups excluding carboxylic acids is 1. The van der Waals surface area contributed by atoms with Gasteiger partial charge in [0, 0.05) is 17.7 Å². The molecule has 15 heteroatoms. The number of hydrogen-bond donors (Lipinski definition) is 2. The number of ether oxygens (including phenoxy) is 1. The van der Waals surface area contributed by atoms with Gasteiger partial charge in [-0.05, 0) is 52.2 Å². The number of amides is 1. The van der Waals surface area contributed by atoms with Crippen molar-refractivity contribution in [3.8, 4) is 5.75 Å². The van der Waals surface area contributed by atoms with Crippen molar-refractivity contribution in [3.63, 3.8) is 0 Å². The Morgan fingerprint density at radius 2 is 1.81 bits per heavy atom. The summed E-state index contributed by atoms with van der Waals surface area (Å²) in [7, 11) is 0. The lowest BCUT2D eigenvalue weighted by Crippen LogP contribution is -2.58. The molecule has 0 aliphatic carbocycles. The molecule has 1 aromatic carbocycles. The molecule has 1 atom stereocenters. The van der Waals surface area contributed by atoms with Crippen LogP contribution in [0.4, 0.5) is 26.3 Å². The molecule has 0 saturated carbocycles.